The lowest BCUT2D eigenvalue weighted by molar-refractivity contribution is 0.0902. The molecule has 2 aromatic heterocycles. The van der Waals surface area contributed by atoms with Gasteiger partial charge in [0.25, 0.3) is 12.0 Å². The number of nitrogens with zero attached hydrogens (tertiary/aromatic N) is 5. The normalized spacial score (nSPS) is 21.2. The van der Waals surface area contributed by atoms with Crippen molar-refractivity contribution in [2.24, 2.45) is 17.8 Å². The summed E-state index contributed by atoms with van der Waals surface area (Å²) in [4.78, 5) is 26.6. The van der Waals surface area contributed by atoms with Crippen molar-refractivity contribution in [2.75, 3.05) is 36.6 Å². The number of alkyl halides is 2. The highest BCUT2D eigenvalue weighted by molar-refractivity contribution is 6.10. The minimum absolute atomic E-state index is 0.0667. The van der Waals surface area contributed by atoms with E-state index < -0.39 is 6.43 Å². The van der Waals surface area contributed by atoms with E-state index in [0.717, 1.165) is 48.0 Å². The Bertz CT molecular complexity index is 1580. The third kappa shape index (κ3) is 4.25. The smallest absolute Gasteiger partial charge is 0.264 e. The van der Waals surface area contributed by atoms with Gasteiger partial charge in [-0.05, 0) is 61.9 Å². The Morgan fingerprint density at radius 2 is 1.95 bits per heavy atom. The molecule has 0 saturated carbocycles. The van der Waals surface area contributed by atoms with Crippen LogP contribution in [-0.4, -0.2) is 54.7 Å². The lowest BCUT2D eigenvalue weighted by Crippen LogP contribution is -2.46. The van der Waals surface area contributed by atoms with E-state index >= 15 is 0 Å². The molecule has 40 heavy (non-hydrogen) atoms. The Balaban J connectivity index is 1.58. The maximum Gasteiger partial charge on any atom is 0.264 e. The molecule has 3 aliphatic heterocycles. The van der Waals surface area contributed by atoms with Crippen LogP contribution in [0.1, 0.15) is 47.9 Å². The molecule has 2 atom stereocenters. The van der Waals surface area contributed by atoms with Gasteiger partial charge in [0.15, 0.2) is 0 Å². The highest BCUT2D eigenvalue weighted by Crippen LogP contribution is 2.43. The molecular weight excluding hydrogens is 514 g/mol. The number of rotatable bonds is 5. The van der Waals surface area contributed by atoms with Gasteiger partial charge < -0.3 is 24.8 Å². The van der Waals surface area contributed by atoms with E-state index in [0.29, 0.717) is 48.0 Å². The van der Waals surface area contributed by atoms with Crippen LogP contribution in [0, 0.1) is 6.92 Å². The zero-order valence-electron chi connectivity index (χ0n) is 23.0. The minimum Gasteiger partial charge on any atom is -0.404 e. The SMILES string of the molecule is CN=C/C(=C\N)c1cc2c(cc1C(F)F)N(c1nc(N3C4CCC3COC4)cc3c1cc(C)c(=O)n3C)CCC2. The van der Waals surface area contributed by atoms with Gasteiger partial charge >= 0.3 is 0 Å². The summed E-state index contributed by atoms with van der Waals surface area (Å²) in [6, 6.07) is 7.72. The molecular formula is C30H34F2N6O2. The molecule has 2 fully saturated rings. The van der Waals surface area contributed by atoms with Gasteiger partial charge in [-0.2, -0.15) is 0 Å². The average Bonchev–Trinajstić information content (AvgIpc) is 3.20. The Morgan fingerprint density at radius 1 is 1.20 bits per heavy atom. The van der Waals surface area contributed by atoms with Crippen LogP contribution in [0.4, 0.5) is 26.1 Å². The van der Waals surface area contributed by atoms with E-state index in [-0.39, 0.29) is 23.2 Å². The van der Waals surface area contributed by atoms with Crippen molar-refractivity contribution in [1.82, 2.24) is 9.55 Å². The number of allylic oxidation sites excluding steroid dienone is 1. The number of halogens is 2. The fraction of sp³-hybridized carbons (Fsp3) is 0.433. The van der Waals surface area contributed by atoms with Crippen molar-refractivity contribution in [3.8, 4) is 0 Å². The Kier molecular flexibility index (Phi) is 6.82. The van der Waals surface area contributed by atoms with E-state index in [4.69, 9.17) is 15.5 Å². The van der Waals surface area contributed by atoms with Crippen LogP contribution >= 0.6 is 0 Å². The Morgan fingerprint density at radius 3 is 2.62 bits per heavy atom. The molecule has 3 aromatic rings. The molecule has 10 heteroatoms. The van der Waals surface area contributed by atoms with Crippen LogP contribution in [0.2, 0.25) is 0 Å². The van der Waals surface area contributed by atoms with Crippen LogP contribution < -0.4 is 21.1 Å². The van der Waals surface area contributed by atoms with Gasteiger partial charge in [-0.1, -0.05) is 0 Å². The fourth-order valence-electron chi connectivity index (χ4n) is 6.57. The lowest BCUT2D eigenvalue weighted by atomic mass is 9.92. The molecule has 0 aliphatic carbocycles. The van der Waals surface area contributed by atoms with Crippen LogP contribution in [0.15, 0.2) is 40.3 Å². The predicted octanol–water partition coefficient (Wildman–Crippen LogP) is 4.63. The third-order valence-corrected chi connectivity index (χ3v) is 8.49. The second-order valence-corrected chi connectivity index (χ2v) is 10.9. The number of fused-ring (bicyclic) bond motifs is 4. The second-order valence-electron chi connectivity index (χ2n) is 10.9. The van der Waals surface area contributed by atoms with Crippen molar-refractivity contribution >= 4 is 40.0 Å². The van der Waals surface area contributed by atoms with Gasteiger partial charge in [0.2, 0.25) is 0 Å². The number of pyridine rings is 2. The van der Waals surface area contributed by atoms with Crippen LogP contribution in [0.3, 0.4) is 0 Å². The van der Waals surface area contributed by atoms with Gasteiger partial charge in [0, 0.05) is 66.9 Å². The highest BCUT2D eigenvalue weighted by Gasteiger charge is 2.39. The first-order valence-electron chi connectivity index (χ1n) is 13.8. The standard InChI is InChI=1S/C30H34F2N6O2/c1-17-9-24-26(36(3)30(17)39)12-27(38-20-6-7-21(38)16-40-15-20)35-29(24)37-8-4-5-18-10-22(19(13-33)14-34-2)23(28(31)32)11-25(18)37/h9-14,20-21,28H,4-8,15-16,33H2,1-3H3/b19-13+,34-14?. The van der Waals surface area contributed by atoms with Gasteiger partial charge in [0.05, 0.1) is 30.8 Å². The lowest BCUT2D eigenvalue weighted by Gasteiger charge is -2.37. The summed E-state index contributed by atoms with van der Waals surface area (Å²) in [6.07, 6.45) is 3.74. The summed E-state index contributed by atoms with van der Waals surface area (Å²) in [5.41, 5.74) is 9.52. The molecule has 3 aliphatic rings. The number of hydrogen-bond donors (Lipinski definition) is 1. The summed E-state index contributed by atoms with van der Waals surface area (Å²) in [6.45, 7) is 3.70. The Labute approximate surface area is 231 Å². The number of anilines is 3. The van der Waals surface area contributed by atoms with E-state index in [1.54, 1.807) is 31.7 Å². The third-order valence-electron chi connectivity index (χ3n) is 8.49. The number of aromatic nitrogens is 2. The zero-order chi connectivity index (χ0) is 28.1. The van der Waals surface area contributed by atoms with Gasteiger partial charge in [-0.25, -0.2) is 13.8 Å². The molecule has 6 rings (SSSR count). The van der Waals surface area contributed by atoms with Crippen molar-refractivity contribution in [3.05, 3.63) is 63.1 Å². The van der Waals surface area contributed by atoms with Gasteiger partial charge in [0.1, 0.15) is 11.6 Å². The number of aliphatic imine (C=N–C) groups is 1. The topological polar surface area (TPSA) is 89.0 Å². The number of benzene rings is 1. The monoisotopic (exact) mass is 548 g/mol. The van der Waals surface area contributed by atoms with E-state index in [9.17, 15) is 13.6 Å². The first kappa shape index (κ1) is 26.4. The molecule has 1 aromatic carbocycles. The molecule has 0 amide bonds. The summed E-state index contributed by atoms with van der Waals surface area (Å²) >= 11 is 0. The zero-order valence-corrected chi connectivity index (χ0v) is 23.0. The number of hydrogen-bond acceptors (Lipinski definition) is 7. The molecule has 2 saturated heterocycles. The summed E-state index contributed by atoms with van der Waals surface area (Å²) in [7, 11) is 3.37. The maximum atomic E-state index is 14.5. The number of nitrogens with two attached hydrogens (primary N) is 1. The molecule has 210 valence electrons. The number of aryl methyl sites for hydroxylation is 3. The highest BCUT2D eigenvalue weighted by atomic mass is 19.3. The van der Waals surface area contributed by atoms with E-state index in [1.807, 2.05) is 23.1 Å². The van der Waals surface area contributed by atoms with Gasteiger partial charge in [-0.15, -0.1) is 0 Å². The number of ether oxygens (including phenoxy) is 1. The average molecular weight is 549 g/mol. The number of morpholine rings is 1. The first-order chi connectivity index (χ1) is 19.3. The molecule has 0 spiro atoms. The van der Waals surface area contributed by atoms with Crippen LogP contribution in [-0.2, 0) is 18.2 Å². The molecule has 2 bridgehead atoms. The van der Waals surface area contributed by atoms with Gasteiger partial charge in [-0.3, -0.25) is 9.79 Å². The quantitative estimate of drug-likeness (QED) is 0.468. The van der Waals surface area contributed by atoms with E-state index in [1.165, 1.54) is 12.4 Å². The van der Waals surface area contributed by atoms with Crippen LogP contribution in [0.25, 0.3) is 16.5 Å². The van der Waals surface area contributed by atoms with Crippen molar-refractivity contribution in [1.29, 1.82) is 0 Å². The van der Waals surface area contributed by atoms with E-state index in [2.05, 4.69) is 9.89 Å². The predicted molar refractivity (Wildman–Crippen MR) is 155 cm³/mol. The van der Waals surface area contributed by atoms with Crippen molar-refractivity contribution in [3.63, 3.8) is 0 Å². The fourth-order valence-corrected chi connectivity index (χ4v) is 6.57. The molecule has 8 nitrogen and oxygen atoms in total. The van der Waals surface area contributed by atoms with Crippen molar-refractivity contribution < 1.29 is 13.5 Å². The second kappa shape index (κ2) is 10.3. The largest absolute Gasteiger partial charge is 0.404 e. The Hall–Kier alpha value is -3.79. The summed E-state index contributed by atoms with van der Waals surface area (Å²) in [5, 5.41) is 0.820. The van der Waals surface area contributed by atoms with Crippen LogP contribution in [0.5, 0.6) is 0 Å². The molecule has 2 unspecified atom stereocenters. The summed E-state index contributed by atoms with van der Waals surface area (Å²) in [5.74, 6) is 1.47. The van der Waals surface area contributed by atoms with Crippen molar-refractivity contribution in [2.45, 2.75) is 51.1 Å². The first-order valence-corrected chi connectivity index (χ1v) is 13.8. The maximum absolute atomic E-state index is 14.5. The summed E-state index contributed by atoms with van der Waals surface area (Å²) < 4.78 is 36.4. The molecule has 2 N–H and O–H groups in total. The molecule has 0 radical (unpaired) electrons. The minimum atomic E-state index is -2.70. The molecule has 5 heterocycles.